The van der Waals surface area contributed by atoms with Gasteiger partial charge in [0.15, 0.2) is 0 Å². The van der Waals surface area contributed by atoms with E-state index in [4.69, 9.17) is 18.9 Å². The lowest BCUT2D eigenvalue weighted by molar-refractivity contribution is -0.171. The van der Waals surface area contributed by atoms with Crippen molar-refractivity contribution in [3.63, 3.8) is 0 Å². The Labute approximate surface area is 242 Å². The van der Waals surface area contributed by atoms with Crippen LogP contribution in [-0.2, 0) is 41.6 Å². The Morgan fingerprint density at radius 3 is 2.27 bits per heavy atom. The fourth-order valence-corrected chi connectivity index (χ4v) is 4.26. The van der Waals surface area contributed by atoms with E-state index in [0.717, 1.165) is 24.5 Å². The van der Waals surface area contributed by atoms with Crippen LogP contribution >= 0.6 is 0 Å². The van der Waals surface area contributed by atoms with Crippen LogP contribution in [0.3, 0.4) is 0 Å². The smallest absolute Gasteiger partial charge is 0.410 e. The summed E-state index contributed by atoms with van der Waals surface area (Å²) in [6.45, 7) is 12.0. The number of aromatic nitrogens is 1. The lowest BCUT2D eigenvalue weighted by atomic mass is 10.0. The van der Waals surface area contributed by atoms with Crippen LogP contribution in [0.15, 0.2) is 48.7 Å². The van der Waals surface area contributed by atoms with E-state index in [2.05, 4.69) is 9.88 Å². The van der Waals surface area contributed by atoms with Crippen LogP contribution in [0.4, 0.5) is 10.6 Å². The van der Waals surface area contributed by atoms with Gasteiger partial charge in [-0.1, -0.05) is 50.2 Å². The van der Waals surface area contributed by atoms with Crippen molar-refractivity contribution in [3.8, 4) is 0 Å². The average molecular weight is 570 g/mol. The molecule has 1 aromatic carbocycles. The van der Waals surface area contributed by atoms with Crippen molar-refractivity contribution in [1.29, 1.82) is 0 Å². The highest BCUT2D eigenvalue weighted by Crippen LogP contribution is 2.20. The quantitative estimate of drug-likeness (QED) is 0.287. The van der Waals surface area contributed by atoms with E-state index in [1.165, 1.54) is 11.9 Å². The van der Waals surface area contributed by atoms with E-state index in [0.29, 0.717) is 25.2 Å². The second kappa shape index (κ2) is 14.8. The molecule has 0 bridgehead atoms. The van der Waals surface area contributed by atoms with E-state index < -0.39 is 35.8 Å². The molecule has 1 aliphatic rings. The number of benzene rings is 1. The van der Waals surface area contributed by atoms with Crippen molar-refractivity contribution in [3.05, 3.63) is 59.8 Å². The second-order valence-electron chi connectivity index (χ2n) is 11.6. The van der Waals surface area contributed by atoms with Crippen LogP contribution < -0.4 is 4.90 Å². The number of morpholine rings is 1. The van der Waals surface area contributed by atoms with Crippen molar-refractivity contribution in [2.75, 3.05) is 38.3 Å². The number of anilines is 1. The summed E-state index contributed by atoms with van der Waals surface area (Å²) in [4.78, 5) is 47.5. The first kappa shape index (κ1) is 31.9. The topological polar surface area (TPSA) is 107 Å². The molecule has 2 aromatic rings. The van der Waals surface area contributed by atoms with E-state index in [1.54, 1.807) is 27.0 Å². The zero-order valence-electron chi connectivity index (χ0n) is 25.0. The van der Waals surface area contributed by atoms with Crippen molar-refractivity contribution < 1.29 is 33.3 Å². The maximum Gasteiger partial charge on any atom is 0.410 e. The van der Waals surface area contributed by atoms with Gasteiger partial charge in [0.1, 0.15) is 24.1 Å². The summed E-state index contributed by atoms with van der Waals surface area (Å²) < 4.78 is 22.2. The highest BCUT2D eigenvalue weighted by Gasteiger charge is 2.35. The molecule has 1 saturated heterocycles. The molecule has 0 aliphatic carbocycles. The van der Waals surface area contributed by atoms with Gasteiger partial charge >= 0.3 is 18.0 Å². The summed E-state index contributed by atoms with van der Waals surface area (Å²) in [6, 6.07) is 12.1. The van der Waals surface area contributed by atoms with Gasteiger partial charge in [-0.3, -0.25) is 4.90 Å². The standard InChI is InChI=1S/C31H43N3O7/c1-22(2)18-25(33(6)30(37)41-31(3,4)5)28(35)40-26(29(36)39-21-23-10-8-7-9-11-23)19-24-12-13-27(32-20-24)34-14-16-38-17-15-34/h7-13,20,22,25-26H,14-19,21H2,1-6H3/t25-,26+/m0/s1. The molecule has 224 valence electrons. The number of carbonyl (C=O) groups is 3. The summed E-state index contributed by atoms with van der Waals surface area (Å²) in [6.07, 6.45) is 0.195. The molecule has 1 aromatic heterocycles. The normalized spacial score (nSPS) is 15.1. The molecule has 1 aliphatic heterocycles. The maximum atomic E-state index is 13.5. The van der Waals surface area contributed by atoms with E-state index in [1.807, 2.05) is 56.3 Å². The fourth-order valence-electron chi connectivity index (χ4n) is 4.26. The average Bonchev–Trinajstić information content (AvgIpc) is 2.94. The minimum absolute atomic E-state index is 0.0369. The number of rotatable bonds is 11. The summed E-state index contributed by atoms with van der Waals surface area (Å²) >= 11 is 0. The number of amides is 1. The first-order chi connectivity index (χ1) is 19.4. The molecule has 10 heteroatoms. The van der Waals surface area contributed by atoms with Crippen LogP contribution in [0.2, 0.25) is 0 Å². The summed E-state index contributed by atoms with van der Waals surface area (Å²) in [5.74, 6) is -0.500. The molecule has 41 heavy (non-hydrogen) atoms. The molecule has 3 rings (SSSR count). The number of hydrogen-bond acceptors (Lipinski definition) is 9. The minimum atomic E-state index is -1.23. The Bertz CT molecular complexity index is 1130. The second-order valence-corrected chi connectivity index (χ2v) is 11.6. The Hall–Kier alpha value is -3.66. The Kier molecular flexibility index (Phi) is 11.5. The number of ether oxygens (including phenoxy) is 4. The number of carbonyl (C=O) groups excluding carboxylic acids is 3. The molecule has 0 N–H and O–H groups in total. The Morgan fingerprint density at radius 2 is 1.68 bits per heavy atom. The molecule has 1 amide bonds. The molecule has 2 heterocycles. The number of pyridine rings is 1. The fraction of sp³-hybridized carbons (Fsp3) is 0.548. The largest absolute Gasteiger partial charge is 0.458 e. The number of nitrogens with zero attached hydrogens (tertiary/aromatic N) is 3. The van der Waals surface area contributed by atoms with Gasteiger partial charge in [0.2, 0.25) is 6.10 Å². The van der Waals surface area contributed by atoms with Crippen molar-refractivity contribution >= 4 is 23.8 Å². The predicted molar refractivity (Wildman–Crippen MR) is 154 cm³/mol. The van der Waals surface area contributed by atoms with Gasteiger partial charge in [0.05, 0.1) is 13.2 Å². The SMILES string of the molecule is CC(C)C[C@@H](C(=O)O[C@H](Cc1ccc(N2CCOCC2)nc1)C(=O)OCc1ccccc1)N(C)C(=O)OC(C)(C)C. The summed E-state index contributed by atoms with van der Waals surface area (Å²) in [5.41, 5.74) is 0.782. The third kappa shape index (κ3) is 10.4. The van der Waals surface area contributed by atoms with Gasteiger partial charge in [0.25, 0.3) is 0 Å². The maximum absolute atomic E-state index is 13.5. The predicted octanol–water partition coefficient (Wildman–Crippen LogP) is 4.40. The monoisotopic (exact) mass is 569 g/mol. The van der Waals surface area contributed by atoms with Crippen LogP contribution in [0.1, 0.15) is 52.2 Å². The molecule has 10 nitrogen and oxygen atoms in total. The molecule has 0 unspecified atom stereocenters. The van der Waals surface area contributed by atoms with Crippen LogP contribution in [0.5, 0.6) is 0 Å². The highest BCUT2D eigenvalue weighted by atomic mass is 16.6. The van der Waals surface area contributed by atoms with Crippen molar-refractivity contribution in [1.82, 2.24) is 9.88 Å². The molecular weight excluding hydrogens is 526 g/mol. The van der Waals surface area contributed by atoms with E-state index >= 15 is 0 Å². The molecular formula is C31H43N3O7. The number of hydrogen-bond donors (Lipinski definition) is 0. The summed E-state index contributed by atoms with van der Waals surface area (Å²) in [7, 11) is 1.50. The third-order valence-electron chi connectivity index (χ3n) is 6.43. The third-order valence-corrected chi connectivity index (χ3v) is 6.43. The van der Waals surface area contributed by atoms with Crippen molar-refractivity contribution in [2.45, 2.75) is 71.8 Å². The first-order valence-electron chi connectivity index (χ1n) is 14.1. The molecule has 2 atom stereocenters. The molecule has 1 fully saturated rings. The zero-order chi connectivity index (χ0) is 30.0. The number of likely N-dealkylation sites (N-methyl/N-ethyl adjacent to an activating group) is 1. The Balaban J connectivity index is 1.78. The lowest BCUT2D eigenvalue weighted by Gasteiger charge is -2.31. The first-order valence-corrected chi connectivity index (χ1v) is 14.1. The lowest BCUT2D eigenvalue weighted by Crippen LogP contribution is -2.47. The van der Waals surface area contributed by atoms with Crippen LogP contribution in [0.25, 0.3) is 0 Å². The summed E-state index contributed by atoms with van der Waals surface area (Å²) in [5, 5.41) is 0. The molecule has 0 spiro atoms. The minimum Gasteiger partial charge on any atom is -0.458 e. The van der Waals surface area contributed by atoms with E-state index in [-0.39, 0.29) is 18.9 Å². The van der Waals surface area contributed by atoms with Crippen LogP contribution in [0, 0.1) is 5.92 Å². The van der Waals surface area contributed by atoms with Crippen molar-refractivity contribution in [2.24, 2.45) is 5.92 Å². The highest BCUT2D eigenvalue weighted by molar-refractivity contribution is 5.84. The van der Waals surface area contributed by atoms with Crippen LogP contribution in [-0.4, -0.2) is 79.0 Å². The van der Waals surface area contributed by atoms with Gasteiger partial charge in [-0.15, -0.1) is 0 Å². The Morgan fingerprint density at radius 1 is 1.00 bits per heavy atom. The van der Waals surface area contributed by atoms with Gasteiger partial charge in [-0.2, -0.15) is 0 Å². The zero-order valence-corrected chi connectivity index (χ0v) is 25.0. The van der Waals surface area contributed by atoms with Gasteiger partial charge in [-0.05, 0) is 50.3 Å². The molecule has 0 radical (unpaired) electrons. The van der Waals surface area contributed by atoms with E-state index in [9.17, 15) is 14.4 Å². The van der Waals surface area contributed by atoms with Gasteiger partial charge in [0, 0.05) is 32.8 Å². The van der Waals surface area contributed by atoms with Gasteiger partial charge < -0.3 is 23.8 Å². The number of esters is 2. The van der Waals surface area contributed by atoms with Gasteiger partial charge in [-0.25, -0.2) is 19.4 Å². The molecule has 0 saturated carbocycles.